The maximum atomic E-state index is 11.7. The fourth-order valence-corrected chi connectivity index (χ4v) is 1.43. The Labute approximate surface area is 109 Å². The van der Waals surface area contributed by atoms with E-state index in [-0.39, 0.29) is 5.91 Å². The number of hydrogen-bond acceptors (Lipinski definition) is 5. The van der Waals surface area contributed by atoms with Crippen molar-refractivity contribution in [3.63, 3.8) is 0 Å². The van der Waals surface area contributed by atoms with Gasteiger partial charge in [-0.25, -0.2) is 0 Å². The van der Waals surface area contributed by atoms with Gasteiger partial charge < -0.3 is 25.3 Å². The highest BCUT2D eigenvalue weighted by atomic mass is 16.7. The van der Waals surface area contributed by atoms with Crippen molar-refractivity contribution >= 4 is 5.91 Å². The zero-order valence-electron chi connectivity index (χ0n) is 11.6. The van der Waals surface area contributed by atoms with E-state index < -0.39 is 12.3 Å². The summed E-state index contributed by atoms with van der Waals surface area (Å²) in [5, 5.41) is 2.72. The summed E-state index contributed by atoms with van der Waals surface area (Å²) in [4.78, 5) is 11.7. The summed E-state index contributed by atoms with van der Waals surface area (Å²) in [7, 11) is 1.63. The van der Waals surface area contributed by atoms with Crippen molar-refractivity contribution in [3.05, 3.63) is 0 Å². The number of ether oxygens (including phenoxy) is 3. The lowest BCUT2D eigenvalue weighted by Crippen LogP contribution is -2.44. The van der Waals surface area contributed by atoms with Crippen LogP contribution < -0.4 is 11.1 Å². The van der Waals surface area contributed by atoms with Crippen LogP contribution in [0.3, 0.4) is 0 Å². The minimum Gasteiger partial charge on any atom is -0.385 e. The summed E-state index contributed by atoms with van der Waals surface area (Å²) in [6, 6.07) is -0.510. The van der Waals surface area contributed by atoms with Crippen LogP contribution in [0.2, 0.25) is 0 Å². The first-order chi connectivity index (χ1) is 8.65. The highest BCUT2D eigenvalue weighted by molar-refractivity contribution is 5.81. The second-order valence-corrected chi connectivity index (χ2v) is 3.83. The van der Waals surface area contributed by atoms with E-state index in [4.69, 9.17) is 19.9 Å². The number of carbonyl (C=O) groups is 1. The van der Waals surface area contributed by atoms with Crippen LogP contribution in [0.1, 0.15) is 26.7 Å². The Morgan fingerprint density at radius 2 is 1.89 bits per heavy atom. The Morgan fingerprint density at radius 3 is 2.39 bits per heavy atom. The normalized spacial score (nSPS) is 12.7. The molecule has 6 heteroatoms. The van der Waals surface area contributed by atoms with Crippen molar-refractivity contribution in [3.8, 4) is 0 Å². The van der Waals surface area contributed by atoms with Gasteiger partial charge in [0.15, 0.2) is 6.29 Å². The van der Waals surface area contributed by atoms with Crippen LogP contribution in [-0.4, -0.2) is 51.7 Å². The molecule has 0 aromatic carbocycles. The molecule has 1 amide bonds. The molecule has 0 bridgehead atoms. The molecule has 0 aliphatic rings. The van der Waals surface area contributed by atoms with Gasteiger partial charge in [0.25, 0.3) is 0 Å². The number of nitrogens with two attached hydrogens (primary N) is 1. The molecule has 0 rings (SSSR count). The summed E-state index contributed by atoms with van der Waals surface area (Å²) >= 11 is 0. The van der Waals surface area contributed by atoms with Gasteiger partial charge >= 0.3 is 0 Å². The van der Waals surface area contributed by atoms with Crippen LogP contribution in [0.25, 0.3) is 0 Å². The van der Waals surface area contributed by atoms with E-state index in [0.717, 1.165) is 6.42 Å². The third-order valence-corrected chi connectivity index (χ3v) is 2.35. The van der Waals surface area contributed by atoms with E-state index >= 15 is 0 Å². The monoisotopic (exact) mass is 262 g/mol. The van der Waals surface area contributed by atoms with E-state index in [9.17, 15) is 4.79 Å². The lowest BCUT2D eigenvalue weighted by atomic mass is 10.1. The molecular weight excluding hydrogens is 236 g/mol. The SMILES string of the molecule is CCOC(CNC(=O)C(N)CCCOC)OCC. The number of rotatable bonds is 11. The fourth-order valence-electron chi connectivity index (χ4n) is 1.43. The van der Waals surface area contributed by atoms with Crippen LogP contribution in [0.4, 0.5) is 0 Å². The second-order valence-electron chi connectivity index (χ2n) is 3.83. The van der Waals surface area contributed by atoms with Gasteiger partial charge in [-0.3, -0.25) is 4.79 Å². The molecule has 0 fully saturated rings. The molecular formula is C12H26N2O4. The molecule has 0 spiro atoms. The van der Waals surface area contributed by atoms with E-state index in [2.05, 4.69) is 5.32 Å². The first kappa shape index (κ1) is 17.3. The van der Waals surface area contributed by atoms with Gasteiger partial charge in [-0.05, 0) is 26.7 Å². The number of carbonyl (C=O) groups excluding carboxylic acids is 1. The summed E-state index contributed by atoms with van der Waals surface area (Å²) in [6.07, 6.45) is 0.967. The molecule has 0 heterocycles. The minimum absolute atomic E-state index is 0.185. The molecule has 0 aromatic heterocycles. The van der Waals surface area contributed by atoms with E-state index in [1.807, 2.05) is 13.8 Å². The smallest absolute Gasteiger partial charge is 0.237 e. The Bertz CT molecular complexity index is 208. The average Bonchev–Trinajstić information content (AvgIpc) is 2.36. The molecule has 0 radical (unpaired) electrons. The Balaban J connectivity index is 3.83. The van der Waals surface area contributed by atoms with Gasteiger partial charge in [-0.2, -0.15) is 0 Å². The summed E-state index contributed by atoms with van der Waals surface area (Å²) in [6.45, 7) is 5.77. The molecule has 18 heavy (non-hydrogen) atoms. The van der Waals surface area contributed by atoms with Crippen LogP contribution in [0, 0.1) is 0 Å². The quantitative estimate of drug-likeness (QED) is 0.412. The molecule has 0 saturated carbocycles. The largest absolute Gasteiger partial charge is 0.385 e. The van der Waals surface area contributed by atoms with Crippen molar-refractivity contribution in [1.82, 2.24) is 5.32 Å². The maximum Gasteiger partial charge on any atom is 0.237 e. The van der Waals surface area contributed by atoms with E-state index in [1.54, 1.807) is 7.11 Å². The van der Waals surface area contributed by atoms with Gasteiger partial charge in [-0.1, -0.05) is 0 Å². The molecule has 0 aliphatic heterocycles. The van der Waals surface area contributed by atoms with Crippen LogP contribution in [0.5, 0.6) is 0 Å². The lowest BCUT2D eigenvalue weighted by molar-refractivity contribution is -0.141. The van der Waals surface area contributed by atoms with Crippen molar-refractivity contribution in [1.29, 1.82) is 0 Å². The Morgan fingerprint density at radius 1 is 1.28 bits per heavy atom. The number of nitrogens with one attached hydrogen (secondary N) is 1. The predicted octanol–water partition coefficient (Wildman–Crippen LogP) is 0.256. The van der Waals surface area contributed by atoms with E-state index in [0.29, 0.717) is 32.8 Å². The van der Waals surface area contributed by atoms with E-state index in [1.165, 1.54) is 0 Å². The predicted molar refractivity (Wildman–Crippen MR) is 69.1 cm³/mol. The molecule has 0 saturated heterocycles. The van der Waals surface area contributed by atoms with Gasteiger partial charge in [0.1, 0.15) is 0 Å². The zero-order valence-corrected chi connectivity index (χ0v) is 11.6. The first-order valence-electron chi connectivity index (χ1n) is 6.41. The second kappa shape index (κ2) is 11.4. The summed E-state index contributed by atoms with van der Waals surface area (Å²) in [5.74, 6) is -0.185. The molecule has 1 unspecified atom stereocenters. The topological polar surface area (TPSA) is 82.8 Å². The van der Waals surface area contributed by atoms with Crippen molar-refractivity contribution < 1.29 is 19.0 Å². The molecule has 6 nitrogen and oxygen atoms in total. The van der Waals surface area contributed by atoms with Gasteiger partial charge in [0, 0.05) is 26.9 Å². The van der Waals surface area contributed by atoms with Crippen LogP contribution in [0.15, 0.2) is 0 Å². The molecule has 108 valence electrons. The minimum atomic E-state index is -0.510. The van der Waals surface area contributed by atoms with Crippen molar-refractivity contribution in [2.75, 3.05) is 33.5 Å². The zero-order chi connectivity index (χ0) is 13.8. The average molecular weight is 262 g/mol. The molecule has 0 aromatic rings. The highest BCUT2D eigenvalue weighted by Gasteiger charge is 2.15. The standard InChI is InChI=1S/C12H26N2O4/c1-4-17-11(18-5-2)9-14-12(15)10(13)7-6-8-16-3/h10-11H,4-9,13H2,1-3H3,(H,14,15). The number of methoxy groups -OCH3 is 1. The Kier molecular flexibility index (Phi) is 11.0. The Hall–Kier alpha value is -0.690. The third kappa shape index (κ3) is 8.41. The fraction of sp³-hybridized carbons (Fsp3) is 0.917. The van der Waals surface area contributed by atoms with Crippen molar-refractivity contribution in [2.24, 2.45) is 5.73 Å². The number of hydrogen-bond donors (Lipinski definition) is 2. The van der Waals surface area contributed by atoms with Crippen LogP contribution >= 0.6 is 0 Å². The van der Waals surface area contributed by atoms with Gasteiger partial charge in [0.05, 0.1) is 12.6 Å². The van der Waals surface area contributed by atoms with Gasteiger partial charge in [-0.15, -0.1) is 0 Å². The third-order valence-electron chi connectivity index (χ3n) is 2.35. The number of amides is 1. The molecule has 3 N–H and O–H groups in total. The van der Waals surface area contributed by atoms with Crippen LogP contribution in [-0.2, 0) is 19.0 Å². The van der Waals surface area contributed by atoms with Crippen molar-refractivity contribution in [2.45, 2.75) is 39.0 Å². The first-order valence-corrected chi connectivity index (χ1v) is 6.41. The summed E-state index contributed by atoms with van der Waals surface area (Å²) in [5.41, 5.74) is 5.74. The maximum absolute atomic E-state index is 11.7. The molecule has 0 aliphatic carbocycles. The lowest BCUT2D eigenvalue weighted by Gasteiger charge is -2.19. The molecule has 1 atom stereocenters. The highest BCUT2D eigenvalue weighted by Crippen LogP contribution is 1.97. The summed E-state index contributed by atoms with van der Waals surface area (Å²) < 4.78 is 15.5. The van der Waals surface area contributed by atoms with Gasteiger partial charge in [0.2, 0.25) is 5.91 Å².